The summed E-state index contributed by atoms with van der Waals surface area (Å²) in [6.07, 6.45) is 0. The number of nitro benzene ring substituents is 1. The molecule has 0 bridgehead atoms. The summed E-state index contributed by atoms with van der Waals surface area (Å²) in [5, 5.41) is 14.9. The molecule has 0 fully saturated rings. The predicted octanol–water partition coefficient (Wildman–Crippen LogP) is 4.91. The van der Waals surface area contributed by atoms with E-state index >= 15 is 0 Å². The van der Waals surface area contributed by atoms with E-state index in [9.17, 15) is 19.3 Å². The molecule has 0 saturated heterocycles. The fourth-order valence-corrected chi connectivity index (χ4v) is 3.30. The summed E-state index contributed by atoms with van der Waals surface area (Å²) in [7, 11) is 1.42. The number of anilines is 1. The first kappa shape index (κ1) is 17.8. The first-order valence-electron chi connectivity index (χ1n) is 7.43. The molecule has 6 nitrogen and oxygen atoms in total. The Morgan fingerprint density at radius 1 is 1.23 bits per heavy atom. The maximum Gasteiger partial charge on any atom is 0.271 e. The summed E-state index contributed by atoms with van der Waals surface area (Å²) in [6.45, 7) is 0. The van der Waals surface area contributed by atoms with Gasteiger partial charge in [-0.3, -0.25) is 14.9 Å². The lowest BCUT2D eigenvalue weighted by molar-refractivity contribution is -0.384. The Labute approximate surface area is 155 Å². The predicted molar refractivity (Wildman–Crippen MR) is 99.2 cm³/mol. The molecular weight excluding hydrogens is 407 g/mol. The average Bonchev–Trinajstić information content (AvgIpc) is 2.63. The number of benzene rings is 3. The molecule has 0 aliphatic rings. The van der Waals surface area contributed by atoms with Crippen molar-refractivity contribution in [2.75, 3.05) is 12.4 Å². The van der Waals surface area contributed by atoms with Gasteiger partial charge >= 0.3 is 0 Å². The number of carbonyl (C=O) groups is 1. The number of nitrogens with one attached hydrogen (secondary N) is 1. The van der Waals surface area contributed by atoms with E-state index in [-0.39, 0.29) is 22.7 Å². The van der Waals surface area contributed by atoms with Crippen molar-refractivity contribution in [1.82, 2.24) is 0 Å². The number of fused-ring (bicyclic) bond motifs is 1. The molecule has 1 N–H and O–H groups in total. The van der Waals surface area contributed by atoms with Crippen LogP contribution in [0.3, 0.4) is 0 Å². The van der Waals surface area contributed by atoms with Gasteiger partial charge in [0.2, 0.25) is 0 Å². The van der Waals surface area contributed by atoms with Crippen LogP contribution in [-0.4, -0.2) is 17.9 Å². The number of hydrogen-bond acceptors (Lipinski definition) is 4. The normalized spacial score (nSPS) is 10.6. The van der Waals surface area contributed by atoms with Gasteiger partial charge in [0.25, 0.3) is 11.6 Å². The second-order valence-electron chi connectivity index (χ2n) is 5.37. The van der Waals surface area contributed by atoms with Gasteiger partial charge in [0.05, 0.1) is 27.8 Å². The molecule has 0 radical (unpaired) electrons. The lowest BCUT2D eigenvalue weighted by atomic mass is 10.0. The van der Waals surface area contributed by atoms with Crippen molar-refractivity contribution in [2.24, 2.45) is 0 Å². The Morgan fingerprint density at radius 2 is 1.96 bits per heavy atom. The van der Waals surface area contributed by atoms with E-state index in [1.165, 1.54) is 7.11 Å². The molecule has 3 rings (SSSR count). The van der Waals surface area contributed by atoms with E-state index in [0.29, 0.717) is 4.47 Å². The fourth-order valence-electron chi connectivity index (χ4n) is 2.56. The third kappa shape index (κ3) is 3.23. The van der Waals surface area contributed by atoms with E-state index in [1.807, 2.05) is 24.3 Å². The Morgan fingerprint density at radius 3 is 2.65 bits per heavy atom. The minimum absolute atomic E-state index is 0.170. The molecule has 8 heteroatoms. The zero-order valence-electron chi connectivity index (χ0n) is 13.5. The number of ether oxygens (including phenoxy) is 1. The Balaban J connectivity index is 2.06. The lowest BCUT2D eigenvalue weighted by Gasteiger charge is -2.14. The molecule has 0 aliphatic heterocycles. The third-order valence-electron chi connectivity index (χ3n) is 3.80. The summed E-state index contributed by atoms with van der Waals surface area (Å²) < 4.78 is 19.9. The van der Waals surface area contributed by atoms with Gasteiger partial charge < -0.3 is 10.1 Å². The standard InChI is InChI=1S/C18H12BrFN2O4/c1-26-17-13(8-10-4-2-3-5-12(10)16(17)19)18(23)21-15-9-11(22(24)25)6-7-14(15)20/h2-9H,1H3,(H,21,23). The van der Waals surface area contributed by atoms with Crippen LogP contribution in [0.15, 0.2) is 53.0 Å². The number of rotatable bonds is 4. The number of nitrogens with zero attached hydrogens (tertiary/aromatic N) is 1. The number of halogens is 2. The number of amides is 1. The van der Waals surface area contributed by atoms with Crippen LogP contribution < -0.4 is 10.1 Å². The quantitative estimate of drug-likeness (QED) is 0.481. The maximum absolute atomic E-state index is 13.9. The molecule has 1 amide bonds. The minimum atomic E-state index is -0.775. The molecule has 0 heterocycles. The highest BCUT2D eigenvalue weighted by Gasteiger charge is 2.20. The van der Waals surface area contributed by atoms with Crippen molar-refractivity contribution >= 4 is 44.0 Å². The van der Waals surface area contributed by atoms with Crippen molar-refractivity contribution in [3.63, 3.8) is 0 Å². The minimum Gasteiger partial charge on any atom is -0.495 e. The first-order chi connectivity index (χ1) is 12.4. The zero-order chi connectivity index (χ0) is 18.8. The molecule has 0 unspecified atom stereocenters. The largest absolute Gasteiger partial charge is 0.495 e. The zero-order valence-corrected chi connectivity index (χ0v) is 15.0. The van der Waals surface area contributed by atoms with Gasteiger partial charge in [0, 0.05) is 12.1 Å². The van der Waals surface area contributed by atoms with Crippen LogP contribution in [0.2, 0.25) is 0 Å². The van der Waals surface area contributed by atoms with E-state index in [1.54, 1.807) is 6.07 Å². The first-order valence-corrected chi connectivity index (χ1v) is 8.22. The molecule has 0 aromatic heterocycles. The second kappa shape index (κ2) is 7.09. The molecule has 0 aliphatic carbocycles. The number of methoxy groups -OCH3 is 1. The highest BCUT2D eigenvalue weighted by atomic mass is 79.9. The average molecular weight is 419 g/mol. The van der Waals surface area contributed by atoms with Gasteiger partial charge in [-0.1, -0.05) is 24.3 Å². The van der Waals surface area contributed by atoms with E-state index in [2.05, 4.69) is 21.2 Å². The monoisotopic (exact) mass is 418 g/mol. The molecule has 26 heavy (non-hydrogen) atoms. The molecule has 0 saturated carbocycles. The van der Waals surface area contributed by atoms with Crippen LogP contribution in [0.5, 0.6) is 5.75 Å². The van der Waals surface area contributed by atoms with Gasteiger partial charge in [0.1, 0.15) is 11.6 Å². The summed E-state index contributed by atoms with van der Waals surface area (Å²) in [5.41, 5.74) is -0.437. The van der Waals surface area contributed by atoms with Crippen LogP contribution >= 0.6 is 15.9 Å². The highest BCUT2D eigenvalue weighted by Crippen LogP contribution is 2.37. The SMILES string of the molecule is COc1c(C(=O)Nc2cc([N+](=O)[O-])ccc2F)cc2ccccc2c1Br. The van der Waals surface area contributed by atoms with Crippen molar-refractivity contribution in [1.29, 1.82) is 0 Å². The van der Waals surface area contributed by atoms with Crippen molar-refractivity contribution in [3.05, 3.63) is 74.5 Å². The second-order valence-corrected chi connectivity index (χ2v) is 6.16. The number of non-ortho nitro benzene ring substituents is 1. The number of hydrogen-bond donors (Lipinski definition) is 1. The molecule has 3 aromatic carbocycles. The molecular formula is C18H12BrFN2O4. The number of carbonyl (C=O) groups excluding carboxylic acids is 1. The summed E-state index contributed by atoms with van der Waals surface area (Å²) in [4.78, 5) is 22.9. The molecule has 0 spiro atoms. The topological polar surface area (TPSA) is 81.5 Å². The molecule has 0 atom stereocenters. The highest BCUT2D eigenvalue weighted by molar-refractivity contribution is 9.10. The van der Waals surface area contributed by atoms with E-state index < -0.39 is 16.6 Å². The van der Waals surface area contributed by atoms with Gasteiger partial charge in [-0.2, -0.15) is 0 Å². The van der Waals surface area contributed by atoms with Crippen LogP contribution in [0.25, 0.3) is 10.8 Å². The Bertz CT molecular complexity index is 1040. The van der Waals surface area contributed by atoms with Crippen LogP contribution in [-0.2, 0) is 0 Å². The van der Waals surface area contributed by atoms with Crippen LogP contribution in [0.4, 0.5) is 15.8 Å². The molecule has 3 aromatic rings. The fraction of sp³-hybridized carbons (Fsp3) is 0.0556. The lowest BCUT2D eigenvalue weighted by Crippen LogP contribution is -2.15. The smallest absolute Gasteiger partial charge is 0.271 e. The Kier molecular flexibility index (Phi) is 4.85. The van der Waals surface area contributed by atoms with Gasteiger partial charge in [0.15, 0.2) is 0 Å². The Hall–Kier alpha value is -3.00. The summed E-state index contributed by atoms with van der Waals surface area (Å²) >= 11 is 3.42. The summed E-state index contributed by atoms with van der Waals surface area (Å²) in [6, 6.07) is 11.9. The maximum atomic E-state index is 13.9. The molecule has 132 valence electrons. The third-order valence-corrected chi connectivity index (χ3v) is 4.59. The summed E-state index contributed by atoms with van der Waals surface area (Å²) in [5.74, 6) is -1.14. The van der Waals surface area contributed by atoms with Crippen molar-refractivity contribution < 1.29 is 18.8 Å². The van der Waals surface area contributed by atoms with Crippen LogP contribution in [0, 0.1) is 15.9 Å². The van der Waals surface area contributed by atoms with E-state index in [4.69, 9.17) is 4.74 Å². The van der Waals surface area contributed by atoms with Gasteiger partial charge in [-0.15, -0.1) is 0 Å². The van der Waals surface area contributed by atoms with Gasteiger partial charge in [-0.05, 0) is 38.8 Å². The number of nitro groups is 1. The van der Waals surface area contributed by atoms with Crippen molar-refractivity contribution in [3.8, 4) is 5.75 Å². The van der Waals surface area contributed by atoms with Crippen molar-refractivity contribution in [2.45, 2.75) is 0 Å². The van der Waals surface area contributed by atoms with Crippen LogP contribution in [0.1, 0.15) is 10.4 Å². The van der Waals surface area contributed by atoms with Gasteiger partial charge in [-0.25, -0.2) is 4.39 Å². The van der Waals surface area contributed by atoms with E-state index in [0.717, 1.165) is 29.0 Å².